The van der Waals surface area contributed by atoms with E-state index in [-0.39, 0.29) is 11.8 Å². The smallest absolute Gasteiger partial charge is 0.220 e. The Morgan fingerprint density at radius 3 is 2.61 bits per heavy atom. The van der Waals surface area contributed by atoms with Gasteiger partial charge in [-0.1, -0.05) is 25.8 Å². The SMILES string of the molecule is CCNC(=NCc1cccnc1N1CCC(C(N)=O)CC1)N(C)CC1CCC(C)CC1. The number of hydrogen-bond acceptors (Lipinski definition) is 4. The third-order valence-electron chi connectivity index (χ3n) is 6.83. The molecule has 0 atom stereocenters. The Kier molecular flexibility index (Phi) is 8.55. The Balaban J connectivity index is 1.65. The van der Waals surface area contributed by atoms with Crippen molar-refractivity contribution in [3.8, 4) is 0 Å². The van der Waals surface area contributed by atoms with Crippen molar-refractivity contribution in [1.29, 1.82) is 0 Å². The van der Waals surface area contributed by atoms with Crippen LogP contribution < -0.4 is 16.0 Å². The lowest BCUT2D eigenvalue weighted by Crippen LogP contribution is -2.42. The van der Waals surface area contributed by atoms with Gasteiger partial charge in [-0.2, -0.15) is 0 Å². The third-order valence-corrected chi connectivity index (χ3v) is 6.83. The topological polar surface area (TPSA) is 86.9 Å². The van der Waals surface area contributed by atoms with Gasteiger partial charge >= 0.3 is 0 Å². The first-order valence-corrected chi connectivity index (χ1v) is 12.0. The van der Waals surface area contributed by atoms with Crippen molar-refractivity contribution in [2.45, 2.75) is 58.9 Å². The maximum Gasteiger partial charge on any atom is 0.220 e. The van der Waals surface area contributed by atoms with E-state index < -0.39 is 0 Å². The second kappa shape index (κ2) is 11.3. The van der Waals surface area contributed by atoms with Crippen LogP contribution in [0.1, 0.15) is 57.9 Å². The highest BCUT2D eigenvalue weighted by Crippen LogP contribution is 2.29. The molecule has 2 fully saturated rings. The van der Waals surface area contributed by atoms with Gasteiger partial charge < -0.3 is 20.9 Å². The van der Waals surface area contributed by atoms with Crippen molar-refractivity contribution in [1.82, 2.24) is 15.2 Å². The highest BCUT2D eigenvalue weighted by molar-refractivity contribution is 5.80. The zero-order valence-corrected chi connectivity index (χ0v) is 19.5. The number of rotatable bonds is 7. The van der Waals surface area contributed by atoms with Crippen molar-refractivity contribution >= 4 is 17.7 Å². The number of anilines is 1. The molecule has 1 aromatic rings. The average molecular weight is 429 g/mol. The second-order valence-corrected chi connectivity index (χ2v) is 9.33. The highest BCUT2D eigenvalue weighted by Gasteiger charge is 2.25. The number of piperidine rings is 1. The first-order valence-electron chi connectivity index (χ1n) is 12.0. The molecule has 7 heteroatoms. The predicted octanol–water partition coefficient (Wildman–Crippen LogP) is 3.01. The van der Waals surface area contributed by atoms with Gasteiger partial charge in [-0.25, -0.2) is 9.98 Å². The van der Waals surface area contributed by atoms with Crippen LogP contribution in [-0.2, 0) is 11.3 Å². The fourth-order valence-corrected chi connectivity index (χ4v) is 4.83. The van der Waals surface area contributed by atoms with Gasteiger partial charge in [-0.05, 0) is 50.5 Å². The molecule has 0 aromatic carbocycles. The normalized spacial score (nSPS) is 22.9. The molecule has 0 bridgehead atoms. The molecule has 0 spiro atoms. The fraction of sp³-hybridized carbons (Fsp3) is 0.708. The number of nitrogens with zero attached hydrogens (tertiary/aromatic N) is 4. The van der Waals surface area contributed by atoms with Crippen molar-refractivity contribution in [3.63, 3.8) is 0 Å². The summed E-state index contributed by atoms with van der Waals surface area (Å²) in [4.78, 5) is 25.6. The van der Waals surface area contributed by atoms with E-state index in [1.54, 1.807) is 0 Å². The van der Waals surface area contributed by atoms with Gasteiger partial charge in [0.25, 0.3) is 0 Å². The zero-order chi connectivity index (χ0) is 22.2. The molecule has 7 nitrogen and oxygen atoms in total. The van der Waals surface area contributed by atoms with Crippen molar-refractivity contribution < 1.29 is 4.79 Å². The minimum atomic E-state index is -0.184. The number of primary amides is 1. The van der Waals surface area contributed by atoms with Crippen molar-refractivity contribution in [3.05, 3.63) is 23.9 Å². The predicted molar refractivity (Wildman–Crippen MR) is 127 cm³/mol. The van der Waals surface area contributed by atoms with Gasteiger partial charge in [0.1, 0.15) is 5.82 Å². The van der Waals surface area contributed by atoms with Gasteiger partial charge in [0.05, 0.1) is 6.54 Å². The minimum absolute atomic E-state index is 0.0155. The molecule has 1 saturated heterocycles. The second-order valence-electron chi connectivity index (χ2n) is 9.33. The quantitative estimate of drug-likeness (QED) is 0.515. The molecule has 1 aliphatic heterocycles. The van der Waals surface area contributed by atoms with Crippen LogP contribution in [0.15, 0.2) is 23.3 Å². The van der Waals surface area contributed by atoms with Gasteiger partial charge in [-0.15, -0.1) is 0 Å². The summed E-state index contributed by atoms with van der Waals surface area (Å²) in [6, 6.07) is 4.09. The molecule has 2 aliphatic rings. The summed E-state index contributed by atoms with van der Waals surface area (Å²) >= 11 is 0. The molecule has 31 heavy (non-hydrogen) atoms. The van der Waals surface area contributed by atoms with Crippen LogP contribution >= 0.6 is 0 Å². The van der Waals surface area contributed by atoms with Gasteiger partial charge in [-0.3, -0.25) is 4.79 Å². The van der Waals surface area contributed by atoms with E-state index in [9.17, 15) is 4.79 Å². The van der Waals surface area contributed by atoms with Crippen LogP contribution in [0.3, 0.4) is 0 Å². The molecule has 1 aliphatic carbocycles. The van der Waals surface area contributed by atoms with Crippen molar-refractivity contribution in [2.75, 3.05) is 38.1 Å². The number of guanidine groups is 1. The van der Waals surface area contributed by atoms with Gasteiger partial charge in [0, 0.05) is 50.9 Å². The van der Waals surface area contributed by atoms with Crippen LogP contribution in [0, 0.1) is 17.8 Å². The van der Waals surface area contributed by atoms with Gasteiger partial charge in [0.15, 0.2) is 5.96 Å². The molecule has 1 aromatic heterocycles. The summed E-state index contributed by atoms with van der Waals surface area (Å²) in [5.41, 5.74) is 6.61. The Morgan fingerprint density at radius 1 is 1.26 bits per heavy atom. The zero-order valence-electron chi connectivity index (χ0n) is 19.5. The lowest BCUT2D eigenvalue weighted by Gasteiger charge is -2.33. The Bertz CT molecular complexity index is 735. The first-order chi connectivity index (χ1) is 15.0. The van der Waals surface area contributed by atoms with Crippen LogP contribution in [0.2, 0.25) is 0 Å². The Hall–Kier alpha value is -2.31. The Labute approximate surface area is 187 Å². The number of carbonyl (C=O) groups is 1. The number of carbonyl (C=O) groups excluding carboxylic acids is 1. The number of aromatic nitrogens is 1. The molecule has 1 amide bonds. The average Bonchev–Trinajstić information content (AvgIpc) is 2.78. The fourth-order valence-electron chi connectivity index (χ4n) is 4.83. The Morgan fingerprint density at radius 2 is 1.97 bits per heavy atom. The summed E-state index contributed by atoms with van der Waals surface area (Å²) in [5.74, 6) is 3.37. The maximum absolute atomic E-state index is 11.5. The van der Waals surface area contributed by atoms with E-state index >= 15 is 0 Å². The summed E-state index contributed by atoms with van der Waals surface area (Å²) in [6.07, 6.45) is 8.75. The standard InChI is InChI=1S/C24H40N6O/c1-4-26-24(29(3)17-19-9-7-18(2)8-10-19)28-16-21-6-5-13-27-23(21)30-14-11-20(12-15-30)22(25)31/h5-6,13,18-20H,4,7-12,14-17H2,1-3H3,(H2,25,31)(H,26,28). The molecule has 2 heterocycles. The van der Waals surface area contributed by atoms with Crippen LogP contribution in [0.5, 0.6) is 0 Å². The molecule has 3 rings (SSSR count). The lowest BCUT2D eigenvalue weighted by molar-refractivity contribution is -0.122. The molecular formula is C24H40N6O. The van der Waals surface area contributed by atoms with Crippen molar-refractivity contribution in [2.24, 2.45) is 28.5 Å². The summed E-state index contributed by atoms with van der Waals surface area (Å²) in [6.45, 7) is 8.60. The summed E-state index contributed by atoms with van der Waals surface area (Å²) in [5, 5.41) is 3.46. The minimum Gasteiger partial charge on any atom is -0.369 e. The highest BCUT2D eigenvalue weighted by atomic mass is 16.1. The number of pyridine rings is 1. The number of nitrogens with one attached hydrogen (secondary N) is 1. The van der Waals surface area contributed by atoms with E-state index in [1.807, 2.05) is 12.3 Å². The maximum atomic E-state index is 11.5. The molecular weight excluding hydrogens is 388 g/mol. The summed E-state index contributed by atoms with van der Waals surface area (Å²) in [7, 11) is 2.15. The van der Waals surface area contributed by atoms with E-state index in [2.05, 4.69) is 47.1 Å². The van der Waals surface area contributed by atoms with E-state index in [0.717, 1.165) is 68.2 Å². The monoisotopic (exact) mass is 428 g/mol. The number of hydrogen-bond donors (Lipinski definition) is 2. The van der Waals surface area contributed by atoms with E-state index in [0.29, 0.717) is 6.54 Å². The molecule has 1 saturated carbocycles. The van der Waals surface area contributed by atoms with Crippen LogP contribution in [-0.4, -0.2) is 55.0 Å². The molecule has 0 unspecified atom stereocenters. The molecule has 3 N–H and O–H groups in total. The van der Waals surface area contributed by atoms with Gasteiger partial charge in [0.2, 0.25) is 5.91 Å². The number of aliphatic imine (C=N–C) groups is 1. The van der Waals surface area contributed by atoms with E-state index in [4.69, 9.17) is 10.7 Å². The number of nitrogens with two attached hydrogens (primary N) is 1. The largest absolute Gasteiger partial charge is 0.369 e. The van der Waals surface area contributed by atoms with Crippen LogP contribution in [0.25, 0.3) is 0 Å². The van der Waals surface area contributed by atoms with E-state index in [1.165, 1.54) is 25.7 Å². The number of amides is 1. The lowest BCUT2D eigenvalue weighted by atomic mass is 9.83. The summed E-state index contributed by atoms with van der Waals surface area (Å²) < 4.78 is 0. The van der Waals surface area contributed by atoms with Crippen LogP contribution in [0.4, 0.5) is 5.82 Å². The first kappa shape index (κ1) is 23.4. The third kappa shape index (κ3) is 6.58. The molecule has 172 valence electrons. The molecule has 0 radical (unpaired) electrons.